The Hall–Kier alpha value is -1.26. The molecule has 0 aliphatic heterocycles. The molecule has 1 aliphatic carbocycles. The first-order valence-electron chi connectivity index (χ1n) is 6.86. The number of nitrogens with one attached hydrogen (secondary N) is 1. The van der Waals surface area contributed by atoms with E-state index in [0.717, 1.165) is 5.56 Å². The number of aliphatic carboxylic acids is 1. The van der Waals surface area contributed by atoms with E-state index in [9.17, 15) is 9.59 Å². The highest BCUT2D eigenvalue weighted by Crippen LogP contribution is 2.32. The highest BCUT2D eigenvalue weighted by atomic mass is 35.5. The lowest BCUT2D eigenvalue weighted by molar-refractivity contribution is -0.141. The summed E-state index contributed by atoms with van der Waals surface area (Å²) in [6.07, 6.45) is 1.60. The van der Waals surface area contributed by atoms with Crippen LogP contribution in [0.2, 0.25) is 10.0 Å². The van der Waals surface area contributed by atoms with E-state index in [2.05, 4.69) is 5.32 Å². The maximum absolute atomic E-state index is 12.2. The van der Waals surface area contributed by atoms with Gasteiger partial charge in [0.05, 0.1) is 22.0 Å². The molecule has 6 heteroatoms. The van der Waals surface area contributed by atoms with Crippen LogP contribution in [0.15, 0.2) is 18.2 Å². The van der Waals surface area contributed by atoms with Gasteiger partial charge in [0.1, 0.15) is 0 Å². The minimum atomic E-state index is -0.817. The molecular formula is C15H17Cl2NO3. The van der Waals surface area contributed by atoms with Gasteiger partial charge < -0.3 is 10.4 Å². The van der Waals surface area contributed by atoms with Crippen molar-refractivity contribution >= 4 is 35.1 Å². The number of carbonyl (C=O) groups is 2. The van der Waals surface area contributed by atoms with E-state index in [1.807, 2.05) is 13.0 Å². The molecule has 0 spiro atoms. The molecule has 4 nitrogen and oxygen atoms in total. The molecule has 0 radical (unpaired) electrons. The predicted molar refractivity (Wildman–Crippen MR) is 81.5 cm³/mol. The Morgan fingerprint density at radius 2 is 1.90 bits per heavy atom. The Morgan fingerprint density at radius 1 is 1.24 bits per heavy atom. The Bertz CT molecular complexity index is 562. The number of halogens is 2. The van der Waals surface area contributed by atoms with Crippen molar-refractivity contribution in [1.29, 1.82) is 0 Å². The van der Waals surface area contributed by atoms with Crippen LogP contribution in [0.3, 0.4) is 0 Å². The average molecular weight is 330 g/mol. The molecular weight excluding hydrogens is 313 g/mol. The lowest BCUT2D eigenvalue weighted by Gasteiger charge is -2.18. The van der Waals surface area contributed by atoms with Crippen LogP contribution in [-0.2, 0) is 9.59 Å². The fraction of sp³-hybridized carbons (Fsp3) is 0.467. The molecule has 0 heterocycles. The van der Waals surface area contributed by atoms with E-state index in [1.54, 1.807) is 12.1 Å². The number of carbonyl (C=O) groups excluding carboxylic acids is 1. The molecule has 1 aliphatic rings. The standard InChI is InChI=1S/C15H17Cl2NO3/c1-8(9-4-5-12(16)13(17)7-9)18-14(19)10-2-3-11(6-10)15(20)21/h4-5,7-8,10-11H,2-3,6H2,1H3,(H,18,19)(H,20,21). The van der Waals surface area contributed by atoms with Crippen LogP contribution in [0.4, 0.5) is 0 Å². The van der Waals surface area contributed by atoms with Crippen LogP contribution in [0.1, 0.15) is 37.8 Å². The zero-order valence-corrected chi connectivity index (χ0v) is 13.1. The van der Waals surface area contributed by atoms with Gasteiger partial charge in [-0.25, -0.2) is 0 Å². The monoisotopic (exact) mass is 329 g/mol. The molecule has 1 aromatic carbocycles. The van der Waals surface area contributed by atoms with Gasteiger partial charge in [0.25, 0.3) is 0 Å². The second-order valence-electron chi connectivity index (χ2n) is 5.45. The summed E-state index contributed by atoms with van der Waals surface area (Å²) in [7, 11) is 0. The first kappa shape index (κ1) is 16.1. The Balaban J connectivity index is 1.96. The zero-order chi connectivity index (χ0) is 15.6. The highest BCUT2D eigenvalue weighted by molar-refractivity contribution is 6.42. The molecule has 2 rings (SSSR count). The number of hydrogen-bond donors (Lipinski definition) is 2. The smallest absolute Gasteiger partial charge is 0.306 e. The van der Waals surface area contributed by atoms with Crippen molar-refractivity contribution in [1.82, 2.24) is 5.32 Å². The van der Waals surface area contributed by atoms with Gasteiger partial charge in [-0.05, 0) is 43.9 Å². The van der Waals surface area contributed by atoms with Crippen molar-refractivity contribution < 1.29 is 14.7 Å². The zero-order valence-electron chi connectivity index (χ0n) is 11.6. The molecule has 3 unspecified atom stereocenters. The summed E-state index contributed by atoms with van der Waals surface area (Å²) in [4.78, 5) is 23.1. The minimum Gasteiger partial charge on any atom is -0.481 e. The number of benzene rings is 1. The van der Waals surface area contributed by atoms with E-state index in [-0.39, 0.29) is 17.9 Å². The molecule has 1 amide bonds. The number of hydrogen-bond acceptors (Lipinski definition) is 2. The third-order valence-corrected chi connectivity index (χ3v) is 4.69. The van der Waals surface area contributed by atoms with Crippen LogP contribution in [0.5, 0.6) is 0 Å². The summed E-state index contributed by atoms with van der Waals surface area (Å²) >= 11 is 11.8. The molecule has 1 aromatic rings. The molecule has 0 aromatic heterocycles. The SMILES string of the molecule is CC(NC(=O)C1CCC(C(=O)O)C1)c1ccc(Cl)c(Cl)c1. The van der Waals surface area contributed by atoms with Crippen molar-refractivity contribution in [2.45, 2.75) is 32.2 Å². The third-order valence-electron chi connectivity index (χ3n) is 3.96. The van der Waals surface area contributed by atoms with E-state index < -0.39 is 11.9 Å². The van der Waals surface area contributed by atoms with Gasteiger partial charge in [-0.15, -0.1) is 0 Å². The number of carboxylic acids is 1. The molecule has 1 saturated carbocycles. The highest BCUT2D eigenvalue weighted by Gasteiger charge is 2.34. The maximum Gasteiger partial charge on any atom is 0.306 e. The summed E-state index contributed by atoms with van der Waals surface area (Å²) in [5.41, 5.74) is 0.866. The van der Waals surface area contributed by atoms with E-state index in [1.165, 1.54) is 0 Å². The third kappa shape index (κ3) is 3.89. The number of amides is 1. The van der Waals surface area contributed by atoms with E-state index >= 15 is 0 Å². The van der Waals surface area contributed by atoms with Crippen LogP contribution in [0.25, 0.3) is 0 Å². The molecule has 0 bridgehead atoms. The van der Waals surface area contributed by atoms with Crippen LogP contribution < -0.4 is 5.32 Å². The van der Waals surface area contributed by atoms with Gasteiger partial charge in [-0.2, -0.15) is 0 Å². The normalized spacial score (nSPS) is 22.8. The predicted octanol–water partition coefficient (Wildman–Crippen LogP) is 3.67. The van der Waals surface area contributed by atoms with Gasteiger partial charge >= 0.3 is 5.97 Å². The summed E-state index contributed by atoms with van der Waals surface area (Å²) in [6.45, 7) is 1.86. The first-order valence-corrected chi connectivity index (χ1v) is 7.62. The van der Waals surface area contributed by atoms with Crippen molar-refractivity contribution in [2.75, 3.05) is 0 Å². The van der Waals surface area contributed by atoms with Gasteiger partial charge in [-0.1, -0.05) is 29.3 Å². The molecule has 1 fully saturated rings. The van der Waals surface area contributed by atoms with Crippen LogP contribution in [0, 0.1) is 11.8 Å². The van der Waals surface area contributed by atoms with Gasteiger partial charge in [-0.3, -0.25) is 9.59 Å². The topological polar surface area (TPSA) is 66.4 Å². The first-order chi connectivity index (χ1) is 9.88. The van der Waals surface area contributed by atoms with Crippen molar-refractivity contribution in [3.05, 3.63) is 33.8 Å². The largest absolute Gasteiger partial charge is 0.481 e. The number of rotatable bonds is 4. The summed E-state index contributed by atoms with van der Waals surface area (Å²) in [5.74, 6) is -1.54. The maximum atomic E-state index is 12.2. The summed E-state index contributed by atoms with van der Waals surface area (Å²) in [5, 5.41) is 12.8. The van der Waals surface area contributed by atoms with Crippen LogP contribution >= 0.6 is 23.2 Å². The van der Waals surface area contributed by atoms with Gasteiger partial charge in [0, 0.05) is 5.92 Å². The van der Waals surface area contributed by atoms with E-state index in [0.29, 0.717) is 29.3 Å². The van der Waals surface area contributed by atoms with Crippen molar-refractivity contribution in [3.8, 4) is 0 Å². The fourth-order valence-electron chi connectivity index (χ4n) is 2.64. The molecule has 0 saturated heterocycles. The second kappa shape index (κ2) is 6.67. The molecule has 114 valence electrons. The Kier molecular flexibility index (Phi) is 5.12. The molecule has 21 heavy (non-hydrogen) atoms. The Morgan fingerprint density at radius 3 is 2.48 bits per heavy atom. The van der Waals surface area contributed by atoms with E-state index in [4.69, 9.17) is 28.3 Å². The lowest BCUT2D eigenvalue weighted by Crippen LogP contribution is -2.32. The van der Waals surface area contributed by atoms with Gasteiger partial charge in [0.15, 0.2) is 0 Å². The Labute approximate surface area is 133 Å². The quantitative estimate of drug-likeness (QED) is 0.885. The fourth-order valence-corrected chi connectivity index (χ4v) is 2.95. The summed E-state index contributed by atoms with van der Waals surface area (Å²) < 4.78 is 0. The van der Waals surface area contributed by atoms with Crippen molar-refractivity contribution in [2.24, 2.45) is 11.8 Å². The summed E-state index contributed by atoms with van der Waals surface area (Å²) in [6, 6.07) is 5.03. The average Bonchev–Trinajstić information content (AvgIpc) is 2.91. The second-order valence-corrected chi connectivity index (χ2v) is 6.26. The molecule has 3 atom stereocenters. The van der Waals surface area contributed by atoms with Crippen LogP contribution in [-0.4, -0.2) is 17.0 Å². The minimum absolute atomic E-state index is 0.0997. The molecule has 2 N–H and O–H groups in total. The lowest BCUT2D eigenvalue weighted by atomic mass is 10.0. The van der Waals surface area contributed by atoms with Crippen molar-refractivity contribution in [3.63, 3.8) is 0 Å². The van der Waals surface area contributed by atoms with Gasteiger partial charge in [0.2, 0.25) is 5.91 Å². The number of carboxylic acid groups (broad SMARTS) is 1.